The van der Waals surface area contributed by atoms with Crippen molar-refractivity contribution in [3.63, 3.8) is 0 Å². The van der Waals surface area contributed by atoms with Crippen LogP contribution in [0, 0.1) is 11.3 Å². The van der Waals surface area contributed by atoms with Crippen LogP contribution in [-0.2, 0) is 16.0 Å². The lowest BCUT2D eigenvalue weighted by molar-refractivity contribution is -0.122. The van der Waals surface area contributed by atoms with Crippen LogP contribution in [0.1, 0.15) is 39.2 Å². The Kier molecular flexibility index (Phi) is 5.46. The summed E-state index contributed by atoms with van der Waals surface area (Å²) in [7, 11) is 0. The van der Waals surface area contributed by atoms with Crippen LogP contribution in [0.5, 0.6) is 5.75 Å². The van der Waals surface area contributed by atoms with E-state index in [-0.39, 0.29) is 29.6 Å². The molecule has 0 aliphatic carbocycles. The second-order valence-electron chi connectivity index (χ2n) is 7.17. The van der Waals surface area contributed by atoms with Crippen molar-refractivity contribution >= 4 is 5.91 Å². The number of hydrogen-bond donors (Lipinski definition) is 2. The molecule has 122 valence electrons. The molecule has 1 aromatic carbocycles. The lowest BCUT2D eigenvalue weighted by Gasteiger charge is -2.40. The molecule has 2 rings (SSSR count). The Morgan fingerprint density at radius 2 is 2.09 bits per heavy atom. The molecule has 4 heteroatoms. The SMILES string of the molecule is CC(C)(C)[C@H]1OCCC[C@@H]1CNC(=O)Cc1ccccc1O. The third kappa shape index (κ3) is 4.47. The number of carbonyl (C=O) groups excluding carboxylic acids is 1. The second kappa shape index (κ2) is 7.14. The number of rotatable bonds is 4. The van der Waals surface area contributed by atoms with Crippen molar-refractivity contribution < 1.29 is 14.6 Å². The van der Waals surface area contributed by atoms with Gasteiger partial charge in [0.2, 0.25) is 5.91 Å². The van der Waals surface area contributed by atoms with Gasteiger partial charge in [-0.15, -0.1) is 0 Å². The number of phenolic OH excluding ortho intramolecular Hbond substituents is 1. The minimum Gasteiger partial charge on any atom is -0.508 e. The molecule has 0 unspecified atom stereocenters. The molecule has 1 aromatic rings. The molecular weight excluding hydrogens is 278 g/mol. The summed E-state index contributed by atoms with van der Waals surface area (Å²) in [5.41, 5.74) is 0.736. The summed E-state index contributed by atoms with van der Waals surface area (Å²) in [6, 6.07) is 6.96. The van der Waals surface area contributed by atoms with Crippen molar-refractivity contribution in [2.75, 3.05) is 13.2 Å². The lowest BCUT2D eigenvalue weighted by atomic mass is 9.78. The molecule has 1 amide bonds. The number of ether oxygens (including phenoxy) is 1. The molecule has 0 bridgehead atoms. The van der Waals surface area contributed by atoms with Gasteiger partial charge in [-0.2, -0.15) is 0 Å². The Hall–Kier alpha value is -1.55. The molecule has 0 saturated carbocycles. The van der Waals surface area contributed by atoms with Crippen molar-refractivity contribution in [1.29, 1.82) is 0 Å². The van der Waals surface area contributed by atoms with Crippen LogP contribution >= 0.6 is 0 Å². The predicted octanol–water partition coefficient (Wildman–Crippen LogP) is 2.89. The highest BCUT2D eigenvalue weighted by Crippen LogP contribution is 2.33. The molecule has 0 aromatic heterocycles. The van der Waals surface area contributed by atoms with E-state index in [0.717, 1.165) is 19.4 Å². The number of aromatic hydroxyl groups is 1. The van der Waals surface area contributed by atoms with Crippen molar-refractivity contribution in [1.82, 2.24) is 5.32 Å². The molecule has 0 spiro atoms. The Morgan fingerprint density at radius 1 is 1.36 bits per heavy atom. The van der Waals surface area contributed by atoms with Gasteiger partial charge < -0.3 is 15.2 Å². The Balaban J connectivity index is 1.88. The van der Waals surface area contributed by atoms with Crippen LogP contribution < -0.4 is 5.32 Å². The maximum atomic E-state index is 12.1. The number of benzene rings is 1. The van der Waals surface area contributed by atoms with Gasteiger partial charge in [0.1, 0.15) is 5.75 Å². The molecule has 1 saturated heterocycles. The van der Waals surface area contributed by atoms with E-state index >= 15 is 0 Å². The first kappa shape index (κ1) is 16.8. The van der Waals surface area contributed by atoms with Gasteiger partial charge in [-0.25, -0.2) is 0 Å². The van der Waals surface area contributed by atoms with E-state index in [1.807, 2.05) is 6.07 Å². The molecule has 1 aliphatic heterocycles. The van der Waals surface area contributed by atoms with Gasteiger partial charge in [0.15, 0.2) is 0 Å². The predicted molar refractivity (Wildman–Crippen MR) is 86.7 cm³/mol. The fourth-order valence-electron chi connectivity index (χ4n) is 3.15. The van der Waals surface area contributed by atoms with Gasteiger partial charge in [0.25, 0.3) is 0 Å². The lowest BCUT2D eigenvalue weighted by Crippen LogP contribution is -2.45. The zero-order valence-corrected chi connectivity index (χ0v) is 13.8. The molecule has 1 aliphatic rings. The third-order valence-corrected chi connectivity index (χ3v) is 4.20. The number of carbonyl (C=O) groups is 1. The zero-order valence-electron chi connectivity index (χ0n) is 13.8. The largest absolute Gasteiger partial charge is 0.508 e. The topological polar surface area (TPSA) is 58.6 Å². The second-order valence-corrected chi connectivity index (χ2v) is 7.17. The maximum absolute atomic E-state index is 12.1. The third-order valence-electron chi connectivity index (χ3n) is 4.20. The average Bonchev–Trinajstić information content (AvgIpc) is 2.47. The van der Waals surface area contributed by atoms with Gasteiger partial charge >= 0.3 is 0 Å². The zero-order chi connectivity index (χ0) is 16.2. The fourth-order valence-corrected chi connectivity index (χ4v) is 3.15. The normalized spacial score (nSPS) is 22.3. The van der Waals surface area contributed by atoms with Crippen LogP contribution in [-0.4, -0.2) is 30.3 Å². The first-order valence-electron chi connectivity index (χ1n) is 8.03. The van der Waals surface area contributed by atoms with Crippen LogP contribution in [0.4, 0.5) is 0 Å². The standard InChI is InChI=1S/C18H27NO3/c1-18(2,3)17-14(8-6-10-22-17)12-19-16(21)11-13-7-4-5-9-15(13)20/h4-5,7,9,14,17,20H,6,8,10-12H2,1-3H3,(H,19,21)/t14-,17+/m1/s1. The van der Waals surface area contributed by atoms with E-state index in [0.29, 0.717) is 18.0 Å². The summed E-state index contributed by atoms with van der Waals surface area (Å²) in [5.74, 6) is 0.466. The summed E-state index contributed by atoms with van der Waals surface area (Å²) in [5, 5.41) is 12.7. The van der Waals surface area contributed by atoms with E-state index in [2.05, 4.69) is 26.1 Å². The molecule has 4 nitrogen and oxygen atoms in total. The average molecular weight is 305 g/mol. The smallest absolute Gasteiger partial charge is 0.224 e. The molecule has 0 radical (unpaired) electrons. The van der Waals surface area contributed by atoms with Crippen LogP contribution in [0.2, 0.25) is 0 Å². The van der Waals surface area contributed by atoms with Crippen LogP contribution in [0.3, 0.4) is 0 Å². The van der Waals surface area contributed by atoms with Crippen molar-refractivity contribution in [3.05, 3.63) is 29.8 Å². The van der Waals surface area contributed by atoms with Crippen molar-refractivity contribution in [2.24, 2.45) is 11.3 Å². The van der Waals surface area contributed by atoms with E-state index < -0.39 is 0 Å². The molecule has 22 heavy (non-hydrogen) atoms. The van der Waals surface area contributed by atoms with Gasteiger partial charge in [-0.3, -0.25) is 4.79 Å². The highest BCUT2D eigenvalue weighted by molar-refractivity contribution is 5.79. The number of phenols is 1. The Morgan fingerprint density at radius 3 is 2.77 bits per heavy atom. The minimum atomic E-state index is -0.0558. The quantitative estimate of drug-likeness (QED) is 0.899. The first-order valence-corrected chi connectivity index (χ1v) is 8.03. The van der Waals surface area contributed by atoms with Crippen LogP contribution in [0.15, 0.2) is 24.3 Å². The molecule has 1 heterocycles. The summed E-state index contributed by atoms with van der Waals surface area (Å²) in [6.45, 7) is 7.98. The number of hydrogen-bond acceptors (Lipinski definition) is 3. The number of amides is 1. The highest BCUT2D eigenvalue weighted by Gasteiger charge is 2.35. The Bertz CT molecular complexity index is 507. The fraction of sp³-hybridized carbons (Fsp3) is 0.611. The van der Waals surface area contributed by atoms with E-state index in [1.54, 1.807) is 18.2 Å². The number of para-hydroxylation sites is 1. The molecular formula is C18H27NO3. The first-order chi connectivity index (χ1) is 10.4. The number of nitrogens with one attached hydrogen (secondary N) is 1. The molecule has 2 atom stereocenters. The molecule has 2 N–H and O–H groups in total. The Labute approximate surface area is 132 Å². The van der Waals surface area contributed by atoms with Crippen molar-refractivity contribution in [2.45, 2.75) is 46.1 Å². The minimum absolute atomic E-state index is 0.0558. The van der Waals surface area contributed by atoms with Gasteiger partial charge in [-0.1, -0.05) is 39.0 Å². The van der Waals surface area contributed by atoms with E-state index in [4.69, 9.17) is 4.74 Å². The van der Waals surface area contributed by atoms with Gasteiger partial charge in [0, 0.05) is 24.6 Å². The summed E-state index contributed by atoms with van der Waals surface area (Å²) >= 11 is 0. The monoisotopic (exact) mass is 305 g/mol. The summed E-state index contributed by atoms with van der Waals surface area (Å²) < 4.78 is 5.93. The van der Waals surface area contributed by atoms with Gasteiger partial charge in [-0.05, 0) is 24.3 Å². The van der Waals surface area contributed by atoms with Gasteiger partial charge in [0.05, 0.1) is 12.5 Å². The summed E-state index contributed by atoms with van der Waals surface area (Å²) in [6.07, 6.45) is 2.51. The maximum Gasteiger partial charge on any atom is 0.224 e. The van der Waals surface area contributed by atoms with E-state index in [1.165, 1.54) is 0 Å². The van der Waals surface area contributed by atoms with Crippen molar-refractivity contribution in [3.8, 4) is 5.75 Å². The van der Waals surface area contributed by atoms with E-state index in [9.17, 15) is 9.90 Å². The molecule has 1 fully saturated rings. The van der Waals surface area contributed by atoms with Crippen LogP contribution in [0.25, 0.3) is 0 Å². The summed E-state index contributed by atoms with van der Waals surface area (Å²) in [4.78, 5) is 12.1. The highest BCUT2D eigenvalue weighted by atomic mass is 16.5.